The molecule has 2 rings (SSSR count). The average molecular weight is 298 g/mol. The van der Waals surface area contributed by atoms with Gasteiger partial charge in [0, 0.05) is 6.54 Å². The smallest absolute Gasteiger partial charge is 0.277 e. The minimum atomic E-state index is -0.224. The van der Waals surface area contributed by atoms with Crippen LogP contribution in [0.2, 0.25) is 0 Å². The fourth-order valence-corrected chi connectivity index (χ4v) is 2.91. The van der Waals surface area contributed by atoms with Crippen molar-refractivity contribution < 1.29 is 9.21 Å². The highest BCUT2D eigenvalue weighted by Crippen LogP contribution is 2.22. The molecule has 0 aromatic carbocycles. The summed E-state index contributed by atoms with van der Waals surface area (Å²) in [4.78, 5) is 14.0. The molecule has 1 fully saturated rings. The van der Waals surface area contributed by atoms with E-state index >= 15 is 0 Å². The van der Waals surface area contributed by atoms with Gasteiger partial charge in [-0.05, 0) is 39.8 Å². The topological polar surface area (TPSA) is 71.3 Å². The molecule has 1 aromatic heterocycles. The maximum atomic E-state index is 11.6. The van der Waals surface area contributed by atoms with Crippen molar-refractivity contribution in [3.63, 3.8) is 0 Å². The van der Waals surface area contributed by atoms with Gasteiger partial charge in [-0.2, -0.15) is 0 Å². The molecule has 1 amide bonds. The van der Waals surface area contributed by atoms with E-state index in [1.807, 2.05) is 13.8 Å². The minimum Gasteiger partial charge on any atom is -0.415 e. The lowest BCUT2D eigenvalue weighted by molar-refractivity contribution is -0.120. The van der Waals surface area contributed by atoms with Crippen molar-refractivity contribution in [2.45, 2.75) is 50.1 Å². The Balaban J connectivity index is 1.83. The number of carbonyl (C=O) groups excluding carboxylic acids is 1. The molecule has 1 aliphatic rings. The third kappa shape index (κ3) is 4.49. The molecule has 0 unspecified atom stereocenters. The third-order valence-electron chi connectivity index (χ3n) is 3.25. The largest absolute Gasteiger partial charge is 0.415 e. The number of likely N-dealkylation sites (tertiary alicyclic amines) is 1. The first kappa shape index (κ1) is 15.3. The molecule has 1 aliphatic heterocycles. The van der Waals surface area contributed by atoms with E-state index in [-0.39, 0.29) is 11.2 Å². The Morgan fingerprint density at radius 2 is 2.15 bits per heavy atom. The molecule has 0 spiro atoms. The number of piperidine rings is 1. The Hall–Kier alpha value is -1.08. The summed E-state index contributed by atoms with van der Waals surface area (Å²) in [5.74, 6) is 0.630. The fraction of sp³-hybridized carbons (Fsp3) is 0.769. The maximum Gasteiger partial charge on any atom is 0.277 e. The summed E-state index contributed by atoms with van der Waals surface area (Å²) in [5.41, 5.74) is 0. The molecule has 0 bridgehead atoms. The highest BCUT2D eigenvalue weighted by Gasteiger charge is 2.19. The van der Waals surface area contributed by atoms with E-state index in [4.69, 9.17) is 4.42 Å². The Kier molecular flexibility index (Phi) is 5.85. The first-order valence-electron chi connectivity index (χ1n) is 7.18. The van der Waals surface area contributed by atoms with Gasteiger partial charge in [-0.25, -0.2) is 0 Å². The van der Waals surface area contributed by atoms with Gasteiger partial charge in [-0.3, -0.25) is 9.69 Å². The molecule has 0 radical (unpaired) electrons. The molecule has 1 aromatic rings. The van der Waals surface area contributed by atoms with E-state index in [1.165, 1.54) is 31.0 Å². The molecule has 1 atom stereocenters. The van der Waals surface area contributed by atoms with Crippen LogP contribution in [0.1, 0.15) is 39.0 Å². The third-order valence-corrected chi connectivity index (χ3v) is 4.19. The van der Waals surface area contributed by atoms with Crippen molar-refractivity contribution in [3.05, 3.63) is 5.89 Å². The molecule has 20 heavy (non-hydrogen) atoms. The summed E-state index contributed by atoms with van der Waals surface area (Å²) in [6.07, 6.45) is 3.79. The Bertz CT molecular complexity index is 432. The standard InChI is InChI=1S/C13H22N4O2S/c1-3-14-12(18)10(2)20-13-16-15-11(19-13)9-17-7-5-4-6-8-17/h10H,3-9H2,1-2H3,(H,14,18)/t10-/m1/s1. The normalized spacial score (nSPS) is 17.9. The van der Waals surface area contributed by atoms with Gasteiger partial charge < -0.3 is 9.73 Å². The van der Waals surface area contributed by atoms with Gasteiger partial charge in [-0.15, -0.1) is 10.2 Å². The Labute approximate surface area is 123 Å². The van der Waals surface area contributed by atoms with Crippen molar-refractivity contribution in [3.8, 4) is 0 Å². The number of nitrogens with one attached hydrogen (secondary N) is 1. The number of hydrogen-bond acceptors (Lipinski definition) is 6. The summed E-state index contributed by atoms with van der Waals surface area (Å²) in [5, 5.41) is 11.1. The van der Waals surface area contributed by atoms with Crippen molar-refractivity contribution >= 4 is 17.7 Å². The van der Waals surface area contributed by atoms with Crippen molar-refractivity contribution in [2.75, 3.05) is 19.6 Å². The maximum absolute atomic E-state index is 11.6. The van der Waals surface area contributed by atoms with E-state index in [9.17, 15) is 4.79 Å². The predicted octanol–water partition coefficient (Wildman–Crippen LogP) is 1.67. The quantitative estimate of drug-likeness (QED) is 0.806. The van der Waals surface area contributed by atoms with E-state index in [0.29, 0.717) is 24.2 Å². The lowest BCUT2D eigenvalue weighted by Gasteiger charge is -2.24. The molecule has 0 saturated carbocycles. The van der Waals surface area contributed by atoms with Gasteiger partial charge in [-0.1, -0.05) is 18.2 Å². The minimum absolute atomic E-state index is 0.00622. The van der Waals surface area contributed by atoms with Crippen LogP contribution in [0.25, 0.3) is 0 Å². The van der Waals surface area contributed by atoms with Crippen molar-refractivity contribution in [1.29, 1.82) is 0 Å². The first-order chi connectivity index (χ1) is 9.69. The van der Waals surface area contributed by atoms with E-state index in [0.717, 1.165) is 13.1 Å². The fourth-order valence-electron chi connectivity index (χ4n) is 2.18. The number of aromatic nitrogens is 2. The highest BCUT2D eigenvalue weighted by molar-refractivity contribution is 8.00. The molecule has 1 N–H and O–H groups in total. The number of thioether (sulfide) groups is 1. The highest BCUT2D eigenvalue weighted by atomic mass is 32.2. The summed E-state index contributed by atoms with van der Waals surface area (Å²) in [7, 11) is 0. The number of amides is 1. The predicted molar refractivity (Wildman–Crippen MR) is 77.4 cm³/mol. The van der Waals surface area contributed by atoms with Crippen LogP contribution in [0, 0.1) is 0 Å². The first-order valence-corrected chi connectivity index (χ1v) is 8.06. The van der Waals surface area contributed by atoms with Crippen LogP contribution in [-0.4, -0.2) is 45.9 Å². The van der Waals surface area contributed by atoms with Crippen LogP contribution in [0.15, 0.2) is 9.64 Å². The lowest BCUT2D eigenvalue weighted by atomic mass is 10.1. The van der Waals surface area contributed by atoms with Crippen LogP contribution in [-0.2, 0) is 11.3 Å². The van der Waals surface area contributed by atoms with Crippen LogP contribution >= 0.6 is 11.8 Å². The Morgan fingerprint density at radius 3 is 2.85 bits per heavy atom. The lowest BCUT2D eigenvalue weighted by Crippen LogP contribution is -2.30. The SMILES string of the molecule is CCNC(=O)[C@@H](C)Sc1nnc(CN2CCCCC2)o1. The second-order valence-electron chi connectivity index (χ2n) is 4.95. The van der Waals surface area contributed by atoms with Gasteiger partial charge in [0.1, 0.15) is 0 Å². The molecular formula is C13H22N4O2S. The number of carbonyl (C=O) groups is 1. The average Bonchev–Trinajstić information content (AvgIpc) is 2.87. The number of hydrogen-bond donors (Lipinski definition) is 1. The molecule has 2 heterocycles. The summed E-state index contributed by atoms with van der Waals surface area (Å²) >= 11 is 1.30. The number of nitrogens with zero attached hydrogens (tertiary/aromatic N) is 3. The van der Waals surface area contributed by atoms with Gasteiger partial charge in [0.15, 0.2) is 0 Å². The van der Waals surface area contributed by atoms with E-state index in [1.54, 1.807) is 0 Å². The van der Waals surface area contributed by atoms with E-state index in [2.05, 4.69) is 20.4 Å². The van der Waals surface area contributed by atoms with Crippen molar-refractivity contribution in [1.82, 2.24) is 20.4 Å². The zero-order valence-corrected chi connectivity index (χ0v) is 12.9. The second-order valence-corrected chi connectivity index (χ2v) is 6.25. The van der Waals surface area contributed by atoms with Gasteiger partial charge in [0.05, 0.1) is 11.8 Å². The summed E-state index contributed by atoms with van der Waals surface area (Å²) in [6, 6.07) is 0. The van der Waals surface area contributed by atoms with Gasteiger partial charge in [0.2, 0.25) is 11.8 Å². The monoisotopic (exact) mass is 298 g/mol. The van der Waals surface area contributed by atoms with E-state index < -0.39 is 0 Å². The molecule has 7 heteroatoms. The summed E-state index contributed by atoms with van der Waals surface area (Å²) in [6.45, 7) is 7.28. The molecule has 112 valence electrons. The second kappa shape index (κ2) is 7.64. The number of rotatable bonds is 6. The molecule has 0 aliphatic carbocycles. The molecule has 6 nitrogen and oxygen atoms in total. The zero-order valence-electron chi connectivity index (χ0n) is 12.1. The van der Waals surface area contributed by atoms with Gasteiger partial charge in [0.25, 0.3) is 5.22 Å². The zero-order chi connectivity index (χ0) is 14.4. The van der Waals surface area contributed by atoms with Crippen LogP contribution in [0.4, 0.5) is 0 Å². The van der Waals surface area contributed by atoms with Crippen LogP contribution in [0.3, 0.4) is 0 Å². The van der Waals surface area contributed by atoms with Gasteiger partial charge >= 0.3 is 0 Å². The molecule has 1 saturated heterocycles. The van der Waals surface area contributed by atoms with Crippen molar-refractivity contribution in [2.24, 2.45) is 0 Å². The Morgan fingerprint density at radius 1 is 1.40 bits per heavy atom. The molecular weight excluding hydrogens is 276 g/mol. The van der Waals surface area contributed by atoms with Crippen LogP contribution < -0.4 is 5.32 Å². The van der Waals surface area contributed by atoms with Crippen LogP contribution in [0.5, 0.6) is 0 Å². The summed E-state index contributed by atoms with van der Waals surface area (Å²) < 4.78 is 5.60.